The number of fused-ring (bicyclic) bond motifs is 1. The number of anilines is 1. The maximum atomic E-state index is 6.20. The molecule has 2 aromatic carbocycles. The standard InChI is InChI=1S/C19H18ClN3O/c1-12-4-3-5-13(10-12)18-15-8-9-21-19(15)23(22-18)16-11-14(20)6-7-17(16)24-2/h3-7,10-11,21H,8-9H2,1-2H3. The van der Waals surface area contributed by atoms with E-state index >= 15 is 0 Å². The number of ether oxygens (including phenoxy) is 1. The highest BCUT2D eigenvalue weighted by atomic mass is 35.5. The number of methoxy groups -OCH3 is 1. The molecule has 2 heterocycles. The first-order chi connectivity index (χ1) is 11.7. The van der Waals surface area contributed by atoms with Crippen LogP contribution < -0.4 is 10.1 Å². The van der Waals surface area contributed by atoms with Gasteiger partial charge in [0.1, 0.15) is 17.3 Å². The number of hydrogen-bond acceptors (Lipinski definition) is 3. The molecule has 4 rings (SSSR count). The summed E-state index contributed by atoms with van der Waals surface area (Å²) in [6.07, 6.45) is 0.960. The van der Waals surface area contributed by atoms with E-state index in [-0.39, 0.29) is 0 Å². The minimum Gasteiger partial charge on any atom is -0.494 e. The number of hydrogen-bond donors (Lipinski definition) is 1. The van der Waals surface area contributed by atoms with Gasteiger partial charge in [0, 0.05) is 22.7 Å². The first-order valence-corrected chi connectivity index (χ1v) is 8.32. The minimum atomic E-state index is 0.658. The Labute approximate surface area is 146 Å². The zero-order valence-electron chi connectivity index (χ0n) is 13.6. The van der Waals surface area contributed by atoms with Gasteiger partial charge in [-0.1, -0.05) is 35.4 Å². The maximum absolute atomic E-state index is 6.20. The van der Waals surface area contributed by atoms with Crippen LogP contribution in [-0.2, 0) is 6.42 Å². The van der Waals surface area contributed by atoms with Crippen molar-refractivity contribution in [2.45, 2.75) is 13.3 Å². The van der Waals surface area contributed by atoms with Crippen LogP contribution in [0.1, 0.15) is 11.1 Å². The second-order valence-electron chi connectivity index (χ2n) is 5.95. The van der Waals surface area contributed by atoms with Crippen LogP contribution in [0.5, 0.6) is 5.75 Å². The number of nitrogens with zero attached hydrogens (tertiary/aromatic N) is 2. The van der Waals surface area contributed by atoms with Crippen molar-refractivity contribution < 1.29 is 4.74 Å². The maximum Gasteiger partial charge on any atom is 0.144 e. The van der Waals surface area contributed by atoms with Gasteiger partial charge in [0.2, 0.25) is 0 Å². The molecular weight excluding hydrogens is 322 g/mol. The topological polar surface area (TPSA) is 39.1 Å². The third kappa shape index (κ3) is 2.43. The van der Waals surface area contributed by atoms with E-state index < -0.39 is 0 Å². The molecule has 1 aromatic heterocycles. The van der Waals surface area contributed by atoms with Crippen LogP contribution in [0.3, 0.4) is 0 Å². The SMILES string of the molecule is COc1ccc(Cl)cc1-n1nc(-c2cccc(C)c2)c2c1NCC2. The highest BCUT2D eigenvalue weighted by molar-refractivity contribution is 6.30. The van der Waals surface area contributed by atoms with Crippen LogP contribution >= 0.6 is 11.6 Å². The summed E-state index contributed by atoms with van der Waals surface area (Å²) in [5, 5.41) is 8.98. The van der Waals surface area contributed by atoms with Crippen molar-refractivity contribution in [3.05, 3.63) is 58.6 Å². The number of aromatic nitrogens is 2. The van der Waals surface area contributed by atoms with Crippen molar-refractivity contribution in [1.29, 1.82) is 0 Å². The van der Waals surface area contributed by atoms with Gasteiger partial charge in [-0.2, -0.15) is 5.10 Å². The second-order valence-corrected chi connectivity index (χ2v) is 6.39. The van der Waals surface area contributed by atoms with Crippen molar-refractivity contribution in [3.63, 3.8) is 0 Å². The number of nitrogens with one attached hydrogen (secondary N) is 1. The molecule has 24 heavy (non-hydrogen) atoms. The van der Waals surface area contributed by atoms with Crippen LogP contribution in [0, 0.1) is 6.92 Å². The first-order valence-electron chi connectivity index (χ1n) is 7.94. The summed E-state index contributed by atoms with van der Waals surface area (Å²) in [7, 11) is 1.66. The lowest BCUT2D eigenvalue weighted by Crippen LogP contribution is -2.05. The zero-order valence-corrected chi connectivity index (χ0v) is 14.4. The molecule has 0 spiro atoms. The lowest BCUT2D eigenvalue weighted by Gasteiger charge is -2.11. The molecular formula is C19H18ClN3O. The molecule has 4 nitrogen and oxygen atoms in total. The number of rotatable bonds is 3. The normalized spacial score (nSPS) is 12.8. The lowest BCUT2D eigenvalue weighted by molar-refractivity contribution is 0.412. The molecule has 5 heteroatoms. The van der Waals surface area contributed by atoms with Gasteiger partial charge >= 0.3 is 0 Å². The molecule has 1 aliphatic rings. The summed E-state index contributed by atoms with van der Waals surface area (Å²) in [4.78, 5) is 0. The largest absolute Gasteiger partial charge is 0.494 e. The quantitative estimate of drug-likeness (QED) is 0.764. The Morgan fingerprint density at radius 3 is 2.88 bits per heavy atom. The van der Waals surface area contributed by atoms with Gasteiger partial charge in [-0.15, -0.1) is 0 Å². The van der Waals surface area contributed by atoms with Crippen LogP contribution in [0.15, 0.2) is 42.5 Å². The van der Waals surface area contributed by atoms with Crippen LogP contribution in [-0.4, -0.2) is 23.4 Å². The highest BCUT2D eigenvalue weighted by Crippen LogP contribution is 2.37. The Morgan fingerprint density at radius 1 is 1.21 bits per heavy atom. The van der Waals surface area contributed by atoms with E-state index in [4.69, 9.17) is 21.4 Å². The molecule has 0 radical (unpaired) electrons. The molecule has 0 amide bonds. The fourth-order valence-electron chi connectivity index (χ4n) is 3.20. The lowest BCUT2D eigenvalue weighted by atomic mass is 10.0. The second kappa shape index (κ2) is 5.87. The number of aryl methyl sites for hydroxylation is 1. The van der Waals surface area contributed by atoms with Gasteiger partial charge in [0.05, 0.1) is 12.8 Å². The minimum absolute atomic E-state index is 0.658. The molecule has 0 saturated heterocycles. The fourth-order valence-corrected chi connectivity index (χ4v) is 3.37. The fraction of sp³-hybridized carbons (Fsp3) is 0.211. The summed E-state index contributed by atoms with van der Waals surface area (Å²) in [6, 6.07) is 14.0. The van der Waals surface area contributed by atoms with E-state index in [1.54, 1.807) is 7.11 Å². The summed E-state index contributed by atoms with van der Waals surface area (Å²) in [5.74, 6) is 1.77. The van der Waals surface area contributed by atoms with Crippen molar-refractivity contribution in [2.75, 3.05) is 19.0 Å². The first kappa shape index (κ1) is 15.1. The summed E-state index contributed by atoms with van der Waals surface area (Å²) >= 11 is 6.20. The van der Waals surface area contributed by atoms with Crippen molar-refractivity contribution >= 4 is 17.4 Å². The van der Waals surface area contributed by atoms with E-state index in [0.717, 1.165) is 41.5 Å². The molecule has 0 aliphatic carbocycles. The predicted molar refractivity (Wildman–Crippen MR) is 97.5 cm³/mol. The third-order valence-corrected chi connectivity index (χ3v) is 4.55. The van der Waals surface area contributed by atoms with E-state index in [1.807, 2.05) is 22.9 Å². The van der Waals surface area contributed by atoms with E-state index in [9.17, 15) is 0 Å². The third-order valence-electron chi connectivity index (χ3n) is 4.31. The Hall–Kier alpha value is -2.46. The van der Waals surface area contributed by atoms with Gasteiger partial charge < -0.3 is 10.1 Å². The van der Waals surface area contributed by atoms with Gasteiger partial charge in [-0.25, -0.2) is 4.68 Å². The molecule has 0 saturated carbocycles. The van der Waals surface area contributed by atoms with Crippen LogP contribution in [0.25, 0.3) is 16.9 Å². The number of halogens is 1. The average molecular weight is 340 g/mol. The molecule has 0 atom stereocenters. The van der Waals surface area contributed by atoms with Gasteiger partial charge in [-0.05, 0) is 37.6 Å². The van der Waals surface area contributed by atoms with Crippen LogP contribution in [0.4, 0.5) is 5.82 Å². The Morgan fingerprint density at radius 2 is 2.08 bits per heavy atom. The molecule has 1 N–H and O–H groups in total. The van der Waals surface area contributed by atoms with Crippen LogP contribution in [0.2, 0.25) is 5.02 Å². The Kier molecular flexibility index (Phi) is 3.69. The molecule has 1 aliphatic heterocycles. The zero-order chi connectivity index (χ0) is 16.7. The van der Waals surface area contributed by atoms with Gasteiger partial charge in [0.25, 0.3) is 0 Å². The average Bonchev–Trinajstić information content (AvgIpc) is 3.17. The molecule has 122 valence electrons. The van der Waals surface area contributed by atoms with E-state index in [1.165, 1.54) is 11.1 Å². The van der Waals surface area contributed by atoms with Gasteiger partial charge in [0.15, 0.2) is 0 Å². The molecule has 0 fully saturated rings. The monoisotopic (exact) mass is 339 g/mol. The van der Waals surface area contributed by atoms with Crippen molar-refractivity contribution in [2.24, 2.45) is 0 Å². The Balaban J connectivity index is 1.93. The van der Waals surface area contributed by atoms with Gasteiger partial charge in [-0.3, -0.25) is 0 Å². The molecule has 3 aromatic rings. The van der Waals surface area contributed by atoms with Crippen molar-refractivity contribution in [1.82, 2.24) is 9.78 Å². The Bertz CT molecular complexity index is 917. The highest BCUT2D eigenvalue weighted by Gasteiger charge is 2.25. The number of benzene rings is 2. The molecule has 0 bridgehead atoms. The van der Waals surface area contributed by atoms with E-state index in [0.29, 0.717) is 5.02 Å². The smallest absolute Gasteiger partial charge is 0.144 e. The summed E-state index contributed by atoms with van der Waals surface area (Å²) in [6.45, 7) is 3.01. The van der Waals surface area contributed by atoms with Crippen molar-refractivity contribution in [3.8, 4) is 22.7 Å². The summed E-state index contributed by atoms with van der Waals surface area (Å²) < 4.78 is 7.41. The summed E-state index contributed by atoms with van der Waals surface area (Å²) in [5.41, 5.74) is 5.45. The predicted octanol–water partition coefficient (Wildman–Crippen LogP) is 4.48. The molecule has 0 unspecified atom stereocenters. The van der Waals surface area contributed by atoms with E-state index in [2.05, 4.69) is 36.5 Å².